The highest BCUT2D eigenvalue weighted by atomic mass is 79.9. The standard InChI is InChI=1S/C15H10BrNO3/c1-9-6-10(15(18)19)2-4-13(9)20-14-5-3-12(16)7-11(14)8-17/h2-7H,1H3,(H,18,19). The lowest BCUT2D eigenvalue weighted by Gasteiger charge is -2.10. The van der Waals surface area contributed by atoms with Crippen LogP contribution >= 0.6 is 15.9 Å². The molecule has 0 saturated heterocycles. The monoisotopic (exact) mass is 331 g/mol. The van der Waals surface area contributed by atoms with Crippen molar-refractivity contribution in [3.63, 3.8) is 0 Å². The van der Waals surface area contributed by atoms with Gasteiger partial charge in [-0.15, -0.1) is 0 Å². The van der Waals surface area contributed by atoms with E-state index in [1.165, 1.54) is 12.1 Å². The molecule has 2 aromatic carbocycles. The number of nitriles is 1. The largest absolute Gasteiger partial charge is 0.478 e. The third-order valence-electron chi connectivity index (χ3n) is 2.70. The average molecular weight is 332 g/mol. The summed E-state index contributed by atoms with van der Waals surface area (Å²) in [6.07, 6.45) is 0. The van der Waals surface area contributed by atoms with Crippen molar-refractivity contribution in [3.05, 3.63) is 57.6 Å². The zero-order valence-corrected chi connectivity index (χ0v) is 12.1. The van der Waals surface area contributed by atoms with Crippen molar-refractivity contribution < 1.29 is 14.6 Å². The van der Waals surface area contributed by atoms with Gasteiger partial charge in [0.15, 0.2) is 0 Å². The number of hydrogen-bond acceptors (Lipinski definition) is 3. The van der Waals surface area contributed by atoms with Crippen LogP contribution in [0, 0.1) is 18.3 Å². The molecule has 0 atom stereocenters. The number of aromatic carboxylic acids is 1. The van der Waals surface area contributed by atoms with E-state index in [4.69, 9.17) is 15.1 Å². The van der Waals surface area contributed by atoms with Gasteiger partial charge in [-0.05, 0) is 48.9 Å². The van der Waals surface area contributed by atoms with Gasteiger partial charge in [-0.25, -0.2) is 4.79 Å². The summed E-state index contributed by atoms with van der Waals surface area (Å²) in [7, 11) is 0. The van der Waals surface area contributed by atoms with Gasteiger partial charge >= 0.3 is 5.97 Å². The SMILES string of the molecule is Cc1cc(C(=O)O)ccc1Oc1ccc(Br)cc1C#N. The van der Waals surface area contributed by atoms with Gasteiger partial charge in [-0.1, -0.05) is 15.9 Å². The molecule has 0 unspecified atom stereocenters. The molecule has 0 fully saturated rings. The first-order valence-corrected chi connectivity index (χ1v) is 6.52. The summed E-state index contributed by atoms with van der Waals surface area (Å²) in [5.41, 5.74) is 1.30. The molecule has 20 heavy (non-hydrogen) atoms. The van der Waals surface area contributed by atoms with E-state index in [9.17, 15) is 4.79 Å². The first-order valence-electron chi connectivity index (χ1n) is 5.72. The molecule has 4 nitrogen and oxygen atoms in total. The van der Waals surface area contributed by atoms with Crippen LogP contribution in [0.3, 0.4) is 0 Å². The van der Waals surface area contributed by atoms with Gasteiger partial charge in [-0.3, -0.25) is 0 Å². The van der Waals surface area contributed by atoms with Crippen molar-refractivity contribution in [1.29, 1.82) is 5.26 Å². The minimum absolute atomic E-state index is 0.200. The molecule has 0 amide bonds. The van der Waals surface area contributed by atoms with Crippen molar-refractivity contribution in [3.8, 4) is 17.6 Å². The Hall–Kier alpha value is -2.32. The molecule has 100 valence electrons. The number of halogens is 1. The van der Waals surface area contributed by atoms with Gasteiger partial charge in [0.05, 0.1) is 11.1 Å². The minimum Gasteiger partial charge on any atom is -0.478 e. The summed E-state index contributed by atoms with van der Waals surface area (Å²) in [6, 6.07) is 11.8. The molecule has 0 spiro atoms. The van der Waals surface area contributed by atoms with Crippen LogP contribution in [-0.2, 0) is 0 Å². The fourth-order valence-electron chi connectivity index (χ4n) is 1.69. The normalized spacial score (nSPS) is 9.85. The average Bonchev–Trinajstić information content (AvgIpc) is 2.42. The van der Waals surface area contributed by atoms with Gasteiger partial charge in [0.1, 0.15) is 17.6 Å². The van der Waals surface area contributed by atoms with Gasteiger partial charge in [0, 0.05) is 4.47 Å². The second kappa shape index (κ2) is 5.76. The van der Waals surface area contributed by atoms with E-state index in [1.54, 1.807) is 31.2 Å². The molecule has 0 aliphatic heterocycles. The molecule has 0 bridgehead atoms. The quantitative estimate of drug-likeness (QED) is 0.918. The highest BCUT2D eigenvalue weighted by Crippen LogP contribution is 2.30. The smallest absolute Gasteiger partial charge is 0.335 e. The number of carboxylic acid groups (broad SMARTS) is 1. The summed E-state index contributed by atoms with van der Waals surface area (Å²) in [5.74, 6) is -0.0308. The van der Waals surface area contributed by atoms with Crippen LogP contribution in [0.15, 0.2) is 40.9 Å². The molecule has 0 saturated carbocycles. The van der Waals surface area contributed by atoms with E-state index in [1.807, 2.05) is 0 Å². The second-order valence-electron chi connectivity index (χ2n) is 4.14. The Morgan fingerprint density at radius 2 is 1.95 bits per heavy atom. The Labute approximate surface area is 124 Å². The first-order chi connectivity index (χ1) is 9.51. The summed E-state index contributed by atoms with van der Waals surface area (Å²) < 4.78 is 6.48. The zero-order chi connectivity index (χ0) is 14.7. The van der Waals surface area contributed by atoms with E-state index < -0.39 is 5.97 Å². The summed E-state index contributed by atoms with van der Waals surface area (Å²) in [6.45, 7) is 1.76. The number of nitrogens with zero attached hydrogens (tertiary/aromatic N) is 1. The number of carboxylic acids is 1. The van der Waals surface area contributed by atoms with Crippen LogP contribution < -0.4 is 4.74 Å². The molecular weight excluding hydrogens is 322 g/mol. The molecule has 2 aromatic rings. The van der Waals surface area contributed by atoms with Crippen LogP contribution in [0.5, 0.6) is 11.5 Å². The number of aryl methyl sites for hydroxylation is 1. The lowest BCUT2D eigenvalue weighted by molar-refractivity contribution is 0.0697. The molecule has 0 aliphatic carbocycles. The van der Waals surface area contributed by atoms with Crippen molar-refractivity contribution >= 4 is 21.9 Å². The van der Waals surface area contributed by atoms with Crippen LogP contribution in [0.2, 0.25) is 0 Å². The molecule has 5 heteroatoms. The van der Waals surface area contributed by atoms with Crippen molar-refractivity contribution in [2.45, 2.75) is 6.92 Å². The van der Waals surface area contributed by atoms with Crippen molar-refractivity contribution in [2.24, 2.45) is 0 Å². The van der Waals surface area contributed by atoms with Gasteiger partial charge < -0.3 is 9.84 Å². The Morgan fingerprint density at radius 1 is 1.25 bits per heavy atom. The maximum atomic E-state index is 10.9. The number of benzene rings is 2. The Morgan fingerprint density at radius 3 is 2.55 bits per heavy atom. The third-order valence-corrected chi connectivity index (χ3v) is 3.20. The predicted octanol–water partition coefficient (Wildman–Crippen LogP) is 4.12. The van der Waals surface area contributed by atoms with Crippen LogP contribution in [-0.4, -0.2) is 11.1 Å². The van der Waals surface area contributed by atoms with E-state index in [-0.39, 0.29) is 5.56 Å². The van der Waals surface area contributed by atoms with Gasteiger partial charge in [-0.2, -0.15) is 5.26 Å². The fourth-order valence-corrected chi connectivity index (χ4v) is 2.06. The molecule has 1 N–H and O–H groups in total. The molecule has 0 aliphatic rings. The van der Waals surface area contributed by atoms with Gasteiger partial charge in [0.2, 0.25) is 0 Å². The molecule has 2 rings (SSSR count). The lowest BCUT2D eigenvalue weighted by Crippen LogP contribution is -1.98. The highest BCUT2D eigenvalue weighted by molar-refractivity contribution is 9.10. The van der Waals surface area contributed by atoms with E-state index >= 15 is 0 Å². The van der Waals surface area contributed by atoms with Crippen molar-refractivity contribution in [1.82, 2.24) is 0 Å². The minimum atomic E-state index is -0.985. The lowest BCUT2D eigenvalue weighted by atomic mass is 10.1. The Kier molecular flexibility index (Phi) is 4.06. The number of ether oxygens (including phenoxy) is 1. The predicted molar refractivity (Wildman–Crippen MR) is 77.1 cm³/mol. The van der Waals surface area contributed by atoms with Gasteiger partial charge in [0.25, 0.3) is 0 Å². The highest BCUT2D eigenvalue weighted by Gasteiger charge is 2.10. The molecular formula is C15H10BrNO3. The molecule has 0 aromatic heterocycles. The summed E-state index contributed by atoms with van der Waals surface area (Å²) >= 11 is 3.29. The fraction of sp³-hybridized carbons (Fsp3) is 0.0667. The number of hydrogen-bond donors (Lipinski definition) is 1. The number of rotatable bonds is 3. The first kappa shape index (κ1) is 14.1. The zero-order valence-electron chi connectivity index (χ0n) is 10.6. The van der Waals surface area contributed by atoms with E-state index in [2.05, 4.69) is 22.0 Å². The Bertz CT molecular complexity index is 720. The van der Waals surface area contributed by atoms with E-state index in [0.29, 0.717) is 22.6 Å². The summed E-state index contributed by atoms with van der Waals surface area (Å²) in [4.78, 5) is 10.9. The molecule has 0 heterocycles. The Balaban J connectivity index is 2.36. The topological polar surface area (TPSA) is 70.3 Å². The molecule has 0 radical (unpaired) electrons. The maximum absolute atomic E-state index is 10.9. The second-order valence-corrected chi connectivity index (χ2v) is 5.06. The third kappa shape index (κ3) is 2.98. The van der Waals surface area contributed by atoms with E-state index in [0.717, 1.165) is 4.47 Å². The number of carbonyl (C=O) groups is 1. The maximum Gasteiger partial charge on any atom is 0.335 e. The van der Waals surface area contributed by atoms with Crippen LogP contribution in [0.4, 0.5) is 0 Å². The van der Waals surface area contributed by atoms with Crippen LogP contribution in [0.1, 0.15) is 21.5 Å². The van der Waals surface area contributed by atoms with Crippen molar-refractivity contribution in [2.75, 3.05) is 0 Å². The summed E-state index contributed by atoms with van der Waals surface area (Å²) in [5, 5.41) is 18.0. The van der Waals surface area contributed by atoms with Crippen LogP contribution in [0.25, 0.3) is 0 Å².